The maximum atomic E-state index is 13.7. The third kappa shape index (κ3) is 3.37. The van der Waals surface area contributed by atoms with Gasteiger partial charge in [0.1, 0.15) is 11.6 Å². The average Bonchev–Trinajstić information content (AvgIpc) is 2.34. The first-order valence-electron chi connectivity index (χ1n) is 6.26. The van der Waals surface area contributed by atoms with Crippen LogP contribution in [0.15, 0.2) is 18.2 Å². The molecule has 1 heterocycles. The number of benzene rings is 1. The number of rotatable bonds is 0. The first-order valence-corrected chi connectivity index (χ1v) is 6.26. The summed E-state index contributed by atoms with van der Waals surface area (Å²) in [5, 5.41) is 3.19. The molecule has 0 unspecified atom stereocenters. The van der Waals surface area contributed by atoms with Crippen LogP contribution in [-0.2, 0) is 17.6 Å². The van der Waals surface area contributed by atoms with Crippen LogP contribution in [0.5, 0.6) is 0 Å². The zero-order valence-corrected chi connectivity index (χ0v) is 9.97. The molecular formula is C14H18FNO. The Bertz CT molecular complexity index is 403. The SMILES string of the molecule is O=C1CCCc2cccc(F)c2CCNCC1. The summed E-state index contributed by atoms with van der Waals surface area (Å²) in [6.45, 7) is 1.45. The van der Waals surface area contributed by atoms with E-state index < -0.39 is 0 Å². The summed E-state index contributed by atoms with van der Waals surface area (Å²) >= 11 is 0. The highest BCUT2D eigenvalue weighted by atomic mass is 19.1. The van der Waals surface area contributed by atoms with Crippen molar-refractivity contribution in [2.24, 2.45) is 0 Å². The second kappa shape index (κ2) is 5.92. The number of Topliss-reactive ketones (excluding diaryl/α,β-unsaturated/α-hetero) is 1. The zero-order valence-electron chi connectivity index (χ0n) is 9.97. The van der Waals surface area contributed by atoms with Crippen LogP contribution in [0.2, 0.25) is 0 Å². The first-order chi connectivity index (χ1) is 8.27. The fourth-order valence-corrected chi connectivity index (χ4v) is 2.28. The number of carbonyl (C=O) groups excluding carboxylic acids is 1. The van der Waals surface area contributed by atoms with E-state index >= 15 is 0 Å². The number of nitrogens with one attached hydrogen (secondary N) is 1. The molecule has 0 radical (unpaired) electrons. The Balaban J connectivity index is 2.16. The van der Waals surface area contributed by atoms with E-state index in [9.17, 15) is 9.18 Å². The molecule has 2 rings (SSSR count). The van der Waals surface area contributed by atoms with E-state index in [-0.39, 0.29) is 5.82 Å². The second-order valence-corrected chi connectivity index (χ2v) is 4.52. The summed E-state index contributed by atoms with van der Waals surface area (Å²) in [6, 6.07) is 5.24. The molecule has 1 aliphatic rings. The van der Waals surface area contributed by atoms with Gasteiger partial charge in [0.2, 0.25) is 0 Å². The Labute approximate surface area is 101 Å². The molecule has 1 aromatic rings. The maximum absolute atomic E-state index is 13.7. The molecule has 1 N–H and O–H groups in total. The van der Waals surface area contributed by atoms with E-state index in [0.717, 1.165) is 30.5 Å². The fourth-order valence-electron chi connectivity index (χ4n) is 2.28. The van der Waals surface area contributed by atoms with Gasteiger partial charge in [-0.2, -0.15) is 0 Å². The third-order valence-electron chi connectivity index (χ3n) is 3.25. The van der Waals surface area contributed by atoms with Crippen molar-refractivity contribution in [3.05, 3.63) is 35.1 Å². The molecule has 0 aliphatic carbocycles. The minimum atomic E-state index is -0.116. The quantitative estimate of drug-likeness (QED) is 0.747. The Morgan fingerprint density at radius 1 is 1.06 bits per heavy atom. The molecule has 0 atom stereocenters. The zero-order chi connectivity index (χ0) is 12.1. The van der Waals surface area contributed by atoms with Gasteiger partial charge in [0.15, 0.2) is 0 Å². The van der Waals surface area contributed by atoms with Gasteiger partial charge in [-0.05, 0) is 43.0 Å². The van der Waals surface area contributed by atoms with Crippen LogP contribution >= 0.6 is 0 Å². The van der Waals surface area contributed by atoms with Gasteiger partial charge in [-0.15, -0.1) is 0 Å². The van der Waals surface area contributed by atoms with Crippen molar-refractivity contribution in [1.29, 1.82) is 0 Å². The third-order valence-corrected chi connectivity index (χ3v) is 3.25. The number of ketones is 1. The molecule has 2 nitrogen and oxygen atoms in total. The second-order valence-electron chi connectivity index (χ2n) is 4.52. The van der Waals surface area contributed by atoms with Gasteiger partial charge >= 0.3 is 0 Å². The molecule has 0 fully saturated rings. The molecule has 92 valence electrons. The lowest BCUT2D eigenvalue weighted by molar-refractivity contribution is -0.119. The van der Waals surface area contributed by atoms with Gasteiger partial charge < -0.3 is 5.32 Å². The Kier molecular flexibility index (Phi) is 4.26. The molecular weight excluding hydrogens is 217 g/mol. The maximum Gasteiger partial charge on any atom is 0.134 e. The van der Waals surface area contributed by atoms with Gasteiger partial charge in [-0.25, -0.2) is 4.39 Å². The average molecular weight is 235 g/mol. The molecule has 0 aromatic heterocycles. The summed E-state index contributed by atoms with van der Waals surface area (Å²) in [7, 11) is 0. The van der Waals surface area contributed by atoms with Crippen molar-refractivity contribution in [2.45, 2.75) is 32.1 Å². The summed E-state index contributed by atoms with van der Waals surface area (Å²) < 4.78 is 13.7. The summed E-state index contributed by atoms with van der Waals surface area (Å²) in [5.41, 5.74) is 1.87. The van der Waals surface area contributed by atoms with Gasteiger partial charge in [-0.1, -0.05) is 12.1 Å². The summed E-state index contributed by atoms with van der Waals surface area (Å²) in [6.07, 6.45) is 3.54. The Morgan fingerprint density at radius 3 is 2.76 bits per heavy atom. The number of aryl methyl sites for hydroxylation is 1. The molecule has 0 bridgehead atoms. The lowest BCUT2D eigenvalue weighted by Gasteiger charge is -2.09. The highest BCUT2D eigenvalue weighted by Crippen LogP contribution is 2.17. The standard InChI is InChI=1S/C14H18FNO/c15-14-6-2-4-11-3-1-5-12(17)7-9-16-10-8-13(11)14/h2,4,6,16H,1,3,5,7-10H2. The minimum Gasteiger partial charge on any atom is -0.316 e. The van der Waals surface area contributed by atoms with Crippen molar-refractivity contribution >= 4 is 5.78 Å². The van der Waals surface area contributed by atoms with E-state index in [1.54, 1.807) is 6.07 Å². The van der Waals surface area contributed by atoms with E-state index in [0.29, 0.717) is 31.6 Å². The predicted octanol–water partition coefficient (Wildman–Crippen LogP) is 2.25. The van der Waals surface area contributed by atoms with E-state index in [2.05, 4.69) is 5.32 Å². The highest BCUT2D eigenvalue weighted by Gasteiger charge is 2.10. The monoisotopic (exact) mass is 235 g/mol. The lowest BCUT2D eigenvalue weighted by Crippen LogP contribution is -2.21. The summed E-state index contributed by atoms with van der Waals surface area (Å²) in [4.78, 5) is 11.5. The van der Waals surface area contributed by atoms with Crippen molar-refractivity contribution in [2.75, 3.05) is 13.1 Å². The number of fused-ring (bicyclic) bond motifs is 1. The number of carbonyl (C=O) groups is 1. The van der Waals surface area contributed by atoms with Crippen LogP contribution in [0.3, 0.4) is 0 Å². The molecule has 0 saturated heterocycles. The molecule has 0 amide bonds. The van der Waals surface area contributed by atoms with Gasteiger partial charge in [0.05, 0.1) is 0 Å². The molecule has 0 spiro atoms. The minimum absolute atomic E-state index is 0.116. The van der Waals surface area contributed by atoms with Crippen molar-refractivity contribution < 1.29 is 9.18 Å². The smallest absolute Gasteiger partial charge is 0.134 e. The lowest BCUT2D eigenvalue weighted by atomic mass is 9.98. The van der Waals surface area contributed by atoms with Crippen molar-refractivity contribution in [3.63, 3.8) is 0 Å². The van der Waals surface area contributed by atoms with Crippen LogP contribution in [0, 0.1) is 5.82 Å². The number of hydrogen-bond acceptors (Lipinski definition) is 2. The molecule has 17 heavy (non-hydrogen) atoms. The van der Waals surface area contributed by atoms with Crippen LogP contribution in [0.1, 0.15) is 30.4 Å². The van der Waals surface area contributed by atoms with Crippen LogP contribution in [0.25, 0.3) is 0 Å². The van der Waals surface area contributed by atoms with E-state index in [1.165, 1.54) is 6.07 Å². The van der Waals surface area contributed by atoms with Gasteiger partial charge in [0.25, 0.3) is 0 Å². The Hall–Kier alpha value is -1.22. The normalized spacial score (nSPS) is 18.3. The van der Waals surface area contributed by atoms with Crippen LogP contribution < -0.4 is 5.32 Å². The highest BCUT2D eigenvalue weighted by molar-refractivity contribution is 5.78. The van der Waals surface area contributed by atoms with Gasteiger partial charge in [0, 0.05) is 19.4 Å². The van der Waals surface area contributed by atoms with Crippen molar-refractivity contribution in [1.82, 2.24) is 5.32 Å². The first kappa shape index (κ1) is 12.2. The molecule has 1 aliphatic heterocycles. The topological polar surface area (TPSA) is 29.1 Å². The van der Waals surface area contributed by atoms with E-state index in [1.807, 2.05) is 6.07 Å². The van der Waals surface area contributed by atoms with Crippen LogP contribution in [0.4, 0.5) is 4.39 Å². The fraction of sp³-hybridized carbons (Fsp3) is 0.500. The van der Waals surface area contributed by atoms with E-state index in [4.69, 9.17) is 0 Å². The largest absolute Gasteiger partial charge is 0.316 e. The Morgan fingerprint density at radius 2 is 1.88 bits per heavy atom. The summed E-state index contributed by atoms with van der Waals surface area (Å²) in [5.74, 6) is 0.187. The van der Waals surface area contributed by atoms with Crippen LogP contribution in [-0.4, -0.2) is 18.9 Å². The predicted molar refractivity (Wildman–Crippen MR) is 65.5 cm³/mol. The van der Waals surface area contributed by atoms with Crippen molar-refractivity contribution in [3.8, 4) is 0 Å². The number of halogens is 1. The van der Waals surface area contributed by atoms with Gasteiger partial charge in [-0.3, -0.25) is 4.79 Å². The molecule has 3 heteroatoms. The molecule has 0 saturated carbocycles. The molecule has 1 aromatic carbocycles. The number of hydrogen-bond donors (Lipinski definition) is 1.